The minimum Gasteiger partial charge on any atom is -0.394 e. The normalized spacial score (nSPS) is 13.3. The van der Waals surface area contributed by atoms with Crippen molar-refractivity contribution in [1.82, 2.24) is 0 Å². The molecule has 2 nitrogen and oxygen atoms in total. The van der Waals surface area contributed by atoms with Crippen LogP contribution in [0.5, 0.6) is 0 Å². The van der Waals surface area contributed by atoms with Gasteiger partial charge >= 0.3 is 5.97 Å². The van der Waals surface area contributed by atoms with Crippen LogP contribution in [0.4, 0.5) is 0 Å². The van der Waals surface area contributed by atoms with Crippen molar-refractivity contribution in [3.8, 4) is 0 Å². The lowest BCUT2D eigenvalue weighted by molar-refractivity contribution is -0.137. The van der Waals surface area contributed by atoms with Gasteiger partial charge in [-0.15, -0.1) is 0 Å². The van der Waals surface area contributed by atoms with Gasteiger partial charge in [0, 0.05) is 17.4 Å². The third-order valence-corrected chi connectivity index (χ3v) is 3.10. The fourth-order valence-electron chi connectivity index (χ4n) is 1.70. The molecular weight excluding hydrogens is 288 g/mol. The third-order valence-electron chi connectivity index (χ3n) is 2.40. The highest BCUT2D eigenvalue weighted by atomic mass is 79.9. The highest BCUT2D eigenvalue weighted by Gasteiger charge is 2.33. The molecule has 1 atom stereocenters. The minimum absolute atomic E-state index is 0.201. The summed E-state index contributed by atoms with van der Waals surface area (Å²) in [5.41, 5.74) is 0.739. The van der Waals surface area contributed by atoms with Crippen LogP contribution in [0, 0.1) is 5.41 Å². The molecule has 0 amide bonds. The molecule has 0 saturated carbocycles. The Labute approximate surface area is 110 Å². The van der Waals surface area contributed by atoms with Gasteiger partial charge in [0.2, 0.25) is 0 Å². The fraction of sp³-hybridized carbons (Fsp3) is 0.417. The van der Waals surface area contributed by atoms with Gasteiger partial charge in [-0.1, -0.05) is 48.8 Å². The summed E-state index contributed by atoms with van der Waals surface area (Å²) in [6.45, 7) is 6.01. The maximum absolute atomic E-state index is 11.7. The highest BCUT2D eigenvalue weighted by molar-refractivity contribution is 9.10. The van der Waals surface area contributed by atoms with E-state index in [1.807, 2.05) is 45.0 Å². The number of benzene rings is 1. The number of rotatable bonds is 2. The average molecular weight is 303 g/mol. The highest BCUT2D eigenvalue weighted by Crippen LogP contribution is 2.36. The van der Waals surface area contributed by atoms with Crippen LogP contribution in [-0.2, 0) is 8.98 Å². The lowest BCUT2D eigenvalue weighted by atomic mass is 9.76. The van der Waals surface area contributed by atoms with Crippen LogP contribution in [0.25, 0.3) is 0 Å². The molecule has 1 aromatic rings. The molecule has 4 heteroatoms. The zero-order chi connectivity index (χ0) is 12.3. The summed E-state index contributed by atoms with van der Waals surface area (Å²) in [6.07, 6.45) is 0. The predicted octanol–water partition coefficient (Wildman–Crippen LogP) is 3.97. The summed E-state index contributed by atoms with van der Waals surface area (Å²) < 4.78 is 5.56. The van der Waals surface area contributed by atoms with Gasteiger partial charge in [0.15, 0.2) is 0 Å². The SMILES string of the molecule is CC(C)(C)C(C(=O)OS)c1ccc(Br)cc1. The summed E-state index contributed by atoms with van der Waals surface area (Å²) >= 11 is 6.97. The lowest BCUT2D eigenvalue weighted by Crippen LogP contribution is -2.26. The molecule has 1 unspecified atom stereocenters. The van der Waals surface area contributed by atoms with Crippen molar-refractivity contribution < 1.29 is 8.98 Å². The van der Waals surface area contributed by atoms with E-state index in [0.29, 0.717) is 0 Å². The van der Waals surface area contributed by atoms with Gasteiger partial charge in [-0.3, -0.25) is 4.79 Å². The van der Waals surface area contributed by atoms with Crippen LogP contribution in [0.3, 0.4) is 0 Å². The van der Waals surface area contributed by atoms with Gasteiger partial charge in [-0.05, 0) is 23.1 Å². The number of carbonyl (C=O) groups excluding carboxylic acids is 1. The predicted molar refractivity (Wildman–Crippen MR) is 71.4 cm³/mol. The Morgan fingerprint density at radius 2 is 1.81 bits per heavy atom. The molecule has 0 aliphatic rings. The monoisotopic (exact) mass is 302 g/mol. The van der Waals surface area contributed by atoms with Gasteiger partial charge in [0.1, 0.15) is 0 Å². The Bertz CT molecular complexity index is 368. The van der Waals surface area contributed by atoms with Crippen LogP contribution >= 0.6 is 28.8 Å². The van der Waals surface area contributed by atoms with E-state index in [1.165, 1.54) is 0 Å². The van der Waals surface area contributed by atoms with E-state index in [9.17, 15) is 4.79 Å². The Balaban J connectivity index is 3.11. The number of thiol groups is 1. The molecule has 0 N–H and O–H groups in total. The Kier molecular flexibility index (Phi) is 4.44. The molecule has 88 valence electrons. The topological polar surface area (TPSA) is 26.3 Å². The second-order valence-corrected chi connectivity index (χ2v) is 5.86. The van der Waals surface area contributed by atoms with Crippen molar-refractivity contribution in [3.05, 3.63) is 34.3 Å². The standard InChI is InChI=1S/C12H15BrO2S/c1-12(2,3)10(11(14)15-16)8-4-6-9(13)7-5-8/h4-7,10,16H,1-3H3. The molecule has 16 heavy (non-hydrogen) atoms. The van der Waals surface area contributed by atoms with Crippen molar-refractivity contribution >= 4 is 34.8 Å². The van der Waals surface area contributed by atoms with E-state index in [4.69, 9.17) is 0 Å². The van der Waals surface area contributed by atoms with E-state index < -0.39 is 0 Å². The van der Waals surface area contributed by atoms with Crippen LogP contribution in [0.15, 0.2) is 28.7 Å². The first-order chi connectivity index (χ1) is 7.36. The average Bonchev–Trinajstić information content (AvgIpc) is 2.19. The molecule has 0 radical (unpaired) electrons. The smallest absolute Gasteiger partial charge is 0.325 e. The molecule has 1 aromatic carbocycles. The van der Waals surface area contributed by atoms with Crippen molar-refractivity contribution in [2.75, 3.05) is 0 Å². The summed E-state index contributed by atoms with van der Waals surface area (Å²) in [7, 11) is 0. The van der Waals surface area contributed by atoms with E-state index in [1.54, 1.807) is 0 Å². The van der Waals surface area contributed by atoms with Gasteiger partial charge in [0.25, 0.3) is 0 Å². The van der Waals surface area contributed by atoms with Crippen molar-refractivity contribution in [3.63, 3.8) is 0 Å². The zero-order valence-corrected chi connectivity index (χ0v) is 12.0. The molecule has 0 heterocycles. The lowest BCUT2D eigenvalue weighted by Gasteiger charge is -2.28. The second-order valence-electron chi connectivity index (χ2n) is 4.76. The molecule has 0 saturated heterocycles. The van der Waals surface area contributed by atoms with Gasteiger partial charge < -0.3 is 4.18 Å². The quantitative estimate of drug-likeness (QED) is 0.661. The molecular formula is C12H15BrO2S. The van der Waals surface area contributed by atoms with E-state index in [0.717, 1.165) is 10.0 Å². The van der Waals surface area contributed by atoms with E-state index in [2.05, 4.69) is 33.0 Å². The van der Waals surface area contributed by atoms with E-state index >= 15 is 0 Å². The first-order valence-corrected chi connectivity index (χ1v) is 6.13. The summed E-state index contributed by atoms with van der Waals surface area (Å²) in [4.78, 5) is 11.7. The summed E-state index contributed by atoms with van der Waals surface area (Å²) in [5.74, 6) is -0.628. The molecule has 0 aliphatic heterocycles. The molecule has 0 aromatic heterocycles. The number of hydrogen-bond acceptors (Lipinski definition) is 3. The summed E-state index contributed by atoms with van der Waals surface area (Å²) in [5, 5.41) is 0. The number of carbonyl (C=O) groups is 1. The Morgan fingerprint density at radius 1 is 1.31 bits per heavy atom. The number of halogens is 1. The van der Waals surface area contributed by atoms with Gasteiger partial charge in [-0.25, -0.2) is 0 Å². The van der Waals surface area contributed by atoms with Gasteiger partial charge in [-0.2, -0.15) is 0 Å². The Morgan fingerprint density at radius 3 is 2.19 bits per heavy atom. The van der Waals surface area contributed by atoms with E-state index in [-0.39, 0.29) is 17.3 Å². The molecule has 0 bridgehead atoms. The van der Waals surface area contributed by atoms with Crippen LogP contribution in [0.1, 0.15) is 32.3 Å². The van der Waals surface area contributed by atoms with Crippen LogP contribution < -0.4 is 0 Å². The van der Waals surface area contributed by atoms with Crippen molar-refractivity contribution in [1.29, 1.82) is 0 Å². The Hall–Kier alpha value is -0.480. The molecule has 0 spiro atoms. The first-order valence-electron chi connectivity index (χ1n) is 4.97. The third kappa shape index (κ3) is 3.25. The fourth-order valence-corrected chi connectivity index (χ4v) is 2.07. The van der Waals surface area contributed by atoms with Crippen LogP contribution in [0.2, 0.25) is 0 Å². The second kappa shape index (κ2) is 5.23. The number of hydrogen-bond donors (Lipinski definition) is 1. The van der Waals surface area contributed by atoms with Crippen molar-refractivity contribution in [2.24, 2.45) is 5.41 Å². The maximum Gasteiger partial charge on any atom is 0.325 e. The minimum atomic E-state index is -0.321. The van der Waals surface area contributed by atoms with Crippen molar-refractivity contribution in [2.45, 2.75) is 26.7 Å². The molecule has 1 rings (SSSR count). The van der Waals surface area contributed by atoms with Gasteiger partial charge in [0.05, 0.1) is 5.92 Å². The summed E-state index contributed by atoms with van der Waals surface area (Å²) in [6, 6.07) is 7.68. The molecule has 0 fully saturated rings. The largest absolute Gasteiger partial charge is 0.394 e. The maximum atomic E-state index is 11.7. The molecule has 0 aliphatic carbocycles. The first kappa shape index (κ1) is 13.6. The van der Waals surface area contributed by atoms with Crippen LogP contribution in [-0.4, -0.2) is 5.97 Å². The zero-order valence-electron chi connectivity index (χ0n) is 9.53.